The van der Waals surface area contributed by atoms with Crippen LogP contribution in [0.5, 0.6) is 0 Å². The van der Waals surface area contributed by atoms with Crippen molar-refractivity contribution in [1.82, 2.24) is 5.32 Å². The SMILES string of the molecule is CC(=O)N[C@@H](COC(C)=O)[C@@H](OC(C)=O)[C@@H](OC(C)=O)[C@@H](COC(C)=O)OC(C)=O. The van der Waals surface area contributed by atoms with Gasteiger partial charge in [0.2, 0.25) is 5.91 Å². The van der Waals surface area contributed by atoms with Crippen molar-refractivity contribution in [1.29, 1.82) is 0 Å². The van der Waals surface area contributed by atoms with Gasteiger partial charge in [-0.2, -0.15) is 0 Å². The number of ether oxygens (including phenoxy) is 5. The van der Waals surface area contributed by atoms with Crippen LogP contribution in [-0.4, -0.2) is 73.3 Å². The van der Waals surface area contributed by atoms with Crippen molar-refractivity contribution in [3.63, 3.8) is 0 Å². The summed E-state index contributed by atoms with van der Waals surface area (Å²) in [6, 6.07) is -1.19. The number of hydrogen-bond acceptors (Lipinski definition) is 11. The zero-order valence-electron chi connectivity index (χ0n) is 17.7. The average molecular weight is 433 g/mol. The maximum atomic E-state index is 11.7. The topological polar surface area (TPSA) is 161 Å². The Morgan fingerprint density at radius 1 is 0.600 bits per heavy atom. The van der Waals surface area contributed by atoms with Gasteiger partial charge in [0.1, 0.15) is 19.3 Å². The molecule has 0 radical (unpaired) electrons. The van der Waals surface area contributed by atoms with Crippen molar-refractivity contribution in [3.05, 3.63) is 0 Å². The smallest absolute Gasteiger partial charge is 0.303 e. The number of nitrogens with one attached hydrogen (secondary N) is 1. The van der Waals surface area contributed by atoms with Crippen molar-refractivity contribution in [2.24, 2.45) is 0 Å². The van der Waals surface area contributed by atoms with E-state index in [1.54, 1.807) is 0 Å². The van der Waals surface area contributed by atoms with Crippen molar-refractivity contribution in [2.45, 2.75) is 65.9 Å². The molecule has 0 aromatic rings. The van der Waals surface area contributed by atoms with E-state index in [4.69, 9.17) is 23.7 Å². The van der Waals surface area contributed by atoms with Crippen LogP contribution in [0.3, 0.4) is 0 Å². The summed E-state index contributed by atoms with van der Waals surface area (Å²) >= 11 is 0. The molecule has 0 aliphatic heterocycles. The second-order valence-corrected chi connectivity index (χ2v) is 6.21. The zero-order chi connectivity index (χ0) is 23.4. The van der Waals surface area contributed by atoms with Crippen molar-refractivity contribution in [2.75, 3.05) is 13.2 Å². The van der Waals surface area contributed by atoms with Gasteiger partial charge in [0.25, 0.3) is 0 Å². The summed E-state index contributed by atoms with van der Waals surface area (Å²) in [6.45, 7) is 5.57. The first-order valence-electron chi connectivity index (χ1n) is 8.88. The fraction of sp³-hybridized carbons (Fsp3) is 0.667. The Morgan fingerprint density at radius 3 is 1.43 bits per heavy atom. The molecule has 0 saturated carbocycles. The van der Waals surface area contributed by atoms with Gasteiger partial charge in [-0.1, -0.05) is 0 Å². The molecule has 1 amide bonds. The Kier molecular flexibility index (Phi) is 11.7. The van der Waals surface area contributed by atoms with Crippen LogP contribution in [-0.2, 0) is 52.5 Å². The number of hydrogen-bond donors (Lipinski definition) is 1. The Hall–Kier alpha value is -3.18. The molecule has 0 heterocycles. The highest BCUT2D eigenvalue weighted by atomic mass is 16.6. The number of amides is 1. The van der Waals surface area contributed by atoms with Crippen LogP contribution in [0.1, 0.15) is 41.5 Å². The van der Waals surface area contributed by atoms with E-state index in [1.807, 2.05) is 0 Å². The molecule has 0 fully saturated rings. The Labute approximate surface area is 173 Å². The molecule has 0 saturated heterocycles. The number of rotatable bonds is 11. The summed E-state index contributed by atoms with van der Waals surface area (Å²) in [4.78, 5) is 69.0. The van der Waals surface area contributed by atoms with Gasteiger partial charge in [-0.3, -0.25) is 28.8 Å². The third-order valence-electron chi connectivity index (χ3n) is 3.31. The molecule has 1 N–H and O–H groups in total. The molecule has 0 aromatic carbocycles. The van der Waals surface area contributed by atoms with Gasteiger partial charge < -0.3 is 29.0 Å². The lowest BCUT2D eigenvalue weighted by Crippen LogP contribution is -2.58. The van der Waals surface area contributed by atoms with E-state index in [0.29, 0.717) is 0 Å². The largest absolute Gasteiger partial charge is 0.464 e. The molecule has 0 rings (SSSR count). The summed E-state index contributed by atoms with van der Waals surface area (Å²) in [6.07, 6.45) is -4.37. The van der Waals surface area contributed by atoms with Gasteiger partial charge in [0.15, 0.2) is 18.3 Å². The number of carbonyl (C=O) groups excluding carboxylic acids is 6. The standard InChI is InChI=1S/C18H27NO11/c1-9(20)19-15(7-26-10(2)21)17(29-13(5)24)18(30-14(6)25)16(28-12(4)23)8-27-11(3)22/h15-18H,7-8H2,1-6H3,(H,19,20)/t15-,16+,17+,18-/m0/s1. The second-order valence-electron chi connectivity index (χ2n) is 6.21. The fourth-order valence-corrected chi connectivity index (χ4v) is 2.41. The normalized spacial score (nSPS) is 14.2. The molecule has 170 valence electrons. The highest BCUT2D eigenvalue weighted by Gasteiger charge is 2.43. The third kappa shape index (κ3) is 11.6. The van der Waals surface area contributed by atoms with E-state index in [-0.39, 0.29) is 0 Å². The molecule has 0 spiro atoms. The first-order chi connectivity index (χ1) is 13.8. The van der Waals surface area contributed by atoms with Gasteiger partial charge in [0.05, 0.1) is 0 Å². The van der Waals surface area contributed by atoms with Crippen LogP contribution < -0.4 is 5.32 Å². The molecular weight excluding hydrogens is 406 g/mol. The van der Waals surface area contributed by atoms with Gasteiger partial charge in [-0.05, 0) is 0 Å². The average Bonchev–Trinajstić information content (AvgIpc) is 2.57. The molecule has 12 nitrogen and oxygen atoms in total. The van der Waals surface area contributed by atoms with E-state index >= 15 is 0 Å². The van der Waals surface area contributed by atoms with Gasteiger partial charge >= 0.3 is 29.8 Å². The minimum Gasteiger partial charge on any atom is -0.464 e. The summed E-state index contributed by atoms with van der Waals surface area (Å²) in [7, 11) is 0. The maximum Gasteiger partial charge on any atom is 0.303 e. The lowest BCUT2D eigenvalue weighted by atomic mass is 10.0. The summed E-state index contributed by atoms with van der Waals surface area (Å²) in [5.74, 6) is -4.45. The lowest BCUT2D eigenvalue weighted by Gasteiger charge is -2.35. The molecule has 0 unspecified atom stereocenters. The van der Waals surface area contributed by atoms with Crippen LogP contribution in [0, 0.1) is 0 Å². The van der Waals surface area contributed by atoms with Crippen LogP contribution in [0.4, 0.5) is 0 Å². The summed E-state index contributed by atoms with van der Waals surface area (Å²) in [5.41, 5.74) is 0. The molecule has 30 heavy (non-hydrogen) atoms. The van der Waals surface area contributed by atoms with Gasteiger partial charge in [-0.15, -0.1) is 0 Å². The number of carbonyl (C=O) groups is 6. The first-order valence-corrected chi connectivity index (χ1v) is 8.88. The maximum absolute atomic E-state index is 11.7. The van der Waals surface area contributed by atoms with Crippen molar-refractivity contribution in [3.8, 4) is 0 Å². The summed E-state index contributed by atoms with van der Waals surface area (Å²) < 4.78 is 25.3. The molecule has 12 heteroatoms. The van der Waals surface area contributed by atoms with E-state index in [2.05, 4.69) is 5.32 Å². The second kappa shape index (κ2) is 13.1. The molecular formula is C18H27NO11. The van der Waals surface area contributed by atoms with Crippen LogP contribution >= 0.6 is 0 Å². The molecule has 0 aromatic heterocycles. The quantitative estimate of drug-likeness (QED) is 0.327. The van der Waals surface area contributed by atoms with Crippen molar-refractivity contribution < 1.29 is 52.5 Å². The van der Waals surface area contributed by atoms with Crippen molar-refractivity contribution >= 4 is 35.8 Å². The molecule has 0 aliphatic rings. The summed E-state index contributed by atoms with van der Waals surface area (Å²) in [5, 5.41) is 2.43. The minimum absolute atomic E-state index is 0.453. The molecule has 4 atom stereocenters. The first kappa shape index (κ1) is 26.8. The highest BCUT2D eigenvalue weighted by Crippen LogP contribution is 2.19. The van der Waals surface area contributed by atoms with E-state index in [9.17, 15) is 28.8 Å². The zero-order valence-corrected chi connectivity index (χ0v) is 17.7. The monoisotopic (exact) mass is 433 g/mol. The molecule has 0 aliphatic carbocycles. The van der Waals surface area contributed by atoms with Crippen LogP contribution in [0.25, 0.3) is 0 Å². The van der Waals surface area contributed by atoms with Crippen LogP contribution in [0.2, 0.25) is 0 Å². The van der Waals surface area contributed by atoms with Gasteiger partial charge in [-0.25, -0.2) is 0 Å². The lowest BCUT2D eigenvalue weighted by molar-refractivity contribution is -0.193. The fourth-order valence-electron chi connectivity index (χ4n) is 2.41. The Bertz CT molecular complexity index is 605. The predicted molar refractivity (Wildman–Crippen MR) is 97.5 cm³/mol. The number of esters is 5. The van der Waals surface area contributed by atoms with E-state index in [1.165, 1.54) is 0 Å². The predicted octanol–water partition coefficient (Wildman–Crippen LogP) is -0.588. The minimum atomic E-state index is -1.51. The van der Waals surface area contributed by atoms with E-state index < -0.39 is 73.3 Å². The third-order valence-corrected chi connectivity index (χ3v) is 3.31. The highest BCUT2D eigenvalue weighted by molar-refractivity contribution is 5.74. The van der Waals surface area contributed by atoms with Gasteiger partial charge in [0, 0.05) is 41.5 Å². The Balaban J connectivity index is 6.19. The Morgan fingerprint density at radius 2 is 1.03 bits per heavy atom. The van der Waals surface area contributed by atoms with Crippen LogP contribution in [0.15, 0.2) is 0 Å². The van der Waals surface area contributed by atoms with E-state index in [0.717, 1.165) is 41.5 Å². The molecule has 0 bridgehead atoms.